The van der Waals surface area contributed by atoms with Gasteiger partial charge in [-0.15, -0.1) is 0 Å². The summed E-state index contributed by atoms with van der Waals surface area (Å²) in [5.74, 6) is 0.123. The Hall–Kier alpha value is -1.83. The van der Waals surface area contributed by atoms with Crippen molar-refractivity contribution in [2.24, 2.45) is 0 Å². The zero-order valence-corrected chi connectivity index (χ0v) is 14.9. The average molecular weight is 313 g/mol. The van der Waals surface area contributed by atoms with Crippen LogP contribution in [-0.2, 0) is 4.79 Å². The van der Waals surface area contributed by atoms with Crippen LogP contribution in [0, 0.1) is 0 Å². The van der Waals surface area contributed by atoms with E-state index in [0.717, 1.165) is 31.5 Å². The molecule has 0 atom stereocenters. The lowest BCUT2D eigenvalue weighted by Gasteiger charge is -2.17. The lowest BCUT2D eigenvalue weighted by Crippen LogP contribution is -2.29. The van der Waals surface area contributed by atoms with E-state index in [1.807, 2.05) is 43.0 Å². The molecule has 0 aliphatic rings. The molecule has 1 aromatic carbocycles. The molecule has 0 heterocycles. The zero-order chi connectivity index (χ0) is 16.9. The number of hydrogen-bond donors (Lipinski definition) is 0. The van der Waals surface area contributed by atoms with Gasteiger partial charge < -0.3 is 4.90 Å². The zero-order valence-electron chi connectivity index (χ0n) is 14.9. The summed E-state index contributed by atoms with van der Waals surface area (Å²) in [6.45, 7) is 7.79. The third-order valence-corrected chi connectivity index (χ3v) is 3.99. The summed E-state index contributed by atoms with van der Waals surface area (Å²) < 4.78 is 0. The van der Waals surface area contributed by atoms with E-state index in [4.69, 9.17) is 0 Å². The van der Waals surface area contributed by atoms with Crippen molar-refractivity contribution in [2.75, 3.05) is 13.1 Å². The number of amides is 1. The van der Waals surface area contributed by atoms with Crippen LogP contribution in [0.15, 0.2) is 48.1 Å². The fraction of sp³-hybridized carbons (Fsp3) is 0.476. The molecule has 0 fully saturated rings. The molecule has 0 saturated carbocycles. The first-order chi connectivity index (χ1) is 11.2. The van der Waals surface area contributed by atoms with Crippen molar-refractivity contribution in [3.63, 3.8) is 0 Å². The second-order valence-electron chi connectivity index (χ2n) is 5.78. The van der Waals surface area contributed by atoms with Crippen LogP contribution in [-0.4, -0.2) is 23.9 Å². The van der Waals surface area contributed by atoms with Gasteiger partial charge in [-0.3, -0.25) is 4.79 Å². The maximum atomic E-state index is 12.3. The second kappa shape index (κ2) is 11.7. The molecule has 0 saturated heterocycles. The molecule has 1 aromatic rings. The Bertz CT molecular complexity index is 498. The monoisotopic (exact) mass is 313 g/mol. The molecule has 0 aliphatic carbocycles. The van der Waals surface area contributed by atoms with Gasteiger partial charge in [0.25, 0.3) is 0 Å². The van der Waals surface area contributed by atoms with Crippen LogP contribution in [0.2, 0.25) is 0 Å². The van der Waals surface area contributed by atoms with Crippen LogP contribution in [0.3, 0.4) is 0 Å². The lowest BCUT2D eigenvalue weighted by molar-refractivity contribution is -0.125. The van der Waals surface area contributed by atoms with E-state index in [1.165, 1.54) is 24.8 Å². The number of likely N-dealkylation sites (N-methyl/N-ethyl adjacent to an activating group) is 1. The molecule has 2 nitrogen and oxygen atoms in total. The Morgan fingerprint density at radius 3 is 2.30 bits per heavy atom. The molecule has 0 radical (unpaired) electrons. The third-order valence-electron chi connectivity index (χ3n) is 3.99. The number of carbonyl (C=O) groups is 1. The Morgan fingerprint density at radius 1 is 1.00 bits per heavy atom. The first kappa shape index (κ1) is 19.2. The molecule has 1 amide bonds. The van der Waals surface area contributed by atoms with Crippen molar-refractivity contribution in [3.05, 3.63) is 53.6 Å². The molecule has 2 heteroatoms. The summed E-state index contributed by atoms with van der Waals surface area (Å²) in [6, 6.07) is 10.2. The lowest BCUT2D eigenvalue weighted by atomic mass is 10.0. The van der Waals surface area contributed by atoms with Crippen molar-refractivity contribution >= 4 is 12.0 Å². The molecular weight excluding hydrogens is 282 g/mol. The minimum atomic E-state index is 0.123. The maximum Gasteiger partial charge on any atom is 0.246 e. The molecule has 0 aliphatic heterocycles. The molecule has 126 valence electrons. The number of carbonyl (C=O) groups excluding carboxylic acids is 1. The van der Waals surface area contributed by atoms with Gasteiger partial charge in [-0.1, -0.05) is 68.7 Å². The van der Waals surface area contributed by atoms with E-state index in [2.05, 4.69) is 31.2 Å². The topological polar surface area (TPSA) is 20.3 Å². The molecular formula is C21H31NO. The number of unbranched alkanes of at least 4 members (excludes halogenated alkanes) is 3. The number of allylic oxidation sites excluding steroid dienone is 2. The van der Waals surface area contributed by atoms with E-state index in [0.29, 0.717) is 0 Å². The molecule has 0 spiro atoms. The molecule has 23 heavy (non-hydrogen) atoms. The van der Waals surface area contributed by atoms with E-state index < -0.39 is 0 Å². The Morgan fingerprint density at radius 2 is 1.70 bits per heavy atom. The smallest absolute Gasteiger partial charge is 0.246 e. The van der Waals surface area contributed by atoms with Crippen LogP contribution in [0.25, 0.3) is 6.08 Å². The van der Waals surface area contributed by atoms with Gasteiger partial charge in [0, 0.05) is 19.2 Å². The SMILES string of the molecule is CCCCCCC(C=Cc1ccccc1)=CC(=O)N(CC)CC. The summed E-state index contributed by atoms with van der Waals surface area (Å²) in [6.07, 6.45) is 11.9. The van der Waals surface area contributed by atoms with Gasteiger partial charge in [0.15, 0.2) is 0 Å². The quantitative estimate of drug-likeness (QED) is 0.319. The maximum absolute atomic E-state index is 12.3. The van der Waals surface area contributed by atoms with E-state index in [1.54, 1.807) is 0 Å². The van der Waals surface area contributed by atoms with Crippen LogP contribution in [0.5, 0.6) is 0 Å². The van der Waals surface area contributed by atoms with E-state index in [9.17, 15) is 4.79 Å². The van der Waals surface area contributed by atoms with Gasteiger partial charge in [-0.2, -0.15) is 0 Å². The molecule has 1 rings (SSSR count). The van der Waals surface area contributed by atoms with Gasteiger partial charge in [0.2, 0.25) is 5.91 Å². The Balaban J connectivity index is 2.79. The van der Waals surface area contributed by atoms with Gasteiger partial charge in [-0.05, 0) is 37.8 Å². The predicted octanol–water partition coefficient (Wildman–Crippen LogP) is 5.47. The van der Waals surface area contributed by atoms with Crippen LogP contribution >= 0.6 is 0 Å². The van der Waals surface area contributed by atoms with Gasteiger partial charge in [0.05, 0.1) is 0 Å². The first-order valence-corrected chi connectivity index (χ1v) is 8.93. The fourth-order valence-corrected chi connectivity index (χ4v) is 2.51. The first-order valence-electron chi connectivity index (χ1n) is 8.93. The number of nitrogens with zero attached hydrogens (tertiary/aromatic N) is 1. The van der Waals surface area contributed by atoms with Crippen molar-refractivity contribution in [1.29, 1.82) is 0 Å². The summed E-state index contributed by atoms with van der Waals surface area (Å²) in [5.41, 5.74) is 2.30. The predicted molar refractivity (Wildman–Crippen MR) is 100 cm³/mol. The van der Waals surface area contributed by atoms with Crippen molar-refractivity contribution in [1.82, 2.24) is 4.90 Å². The van der Waals surface area contributed by atoms with Crippen molar-refractivity contribution in [2.45, 2.75) is 52.9 Å². The van der Waals surface area contributed by atoms with Crippen molar-refractivity contribution in [3.8, 4) is 0 Å². The van der Waals surface area contributed by atoms with E-state index >= 15 is 0 Å². The fourth-order valence-electron chi connectivity index (χ4n) is 2.51. The highest BCUT2D eigenvalue weighted by molar-refractivity contribution is 5.89. The average Bonchev–Trinajstić information content (AvgIpc) is 2.58. The van der Waals surface area contributed by atoms with Gasteiger partial charge in [-0.25, -0.2) is 0 Å². The number of benzene rings is 1. The molecule has 0 bridgehead atoms. The highest BCUT2D eigenvalue weighted by Crippen LogP contribution is 2.14. The summed E-state index contributed by atoms with van der Waals surface area (Å²) >= 11 is 0. The molecule has 0 aromatic heterocycles. The number of rotatable bonds is 10. The summed E-state index contributed by atoms with van der Waals surface area (Å²) in [7, 11) is 0. The highest BCUT2D eigenvalue weighted by Gasteiger charge is 2.07. The summed E-state index contributed by atoms with van der Waals surface area (Å²) in [5, 5.41) is 0. The Kier molecular flexibility index (Phi) is 9.78. The molecule has 0 unspecified atom stereocenters. The minimum absolute atomic E-state index is 0.123. The highest BCUT2D eigenvalue weighted by atomic mass is 16.2. The van der Waals surface area contributed by atoms with Gasteiger partial charge in [0.1, 0.15) is 0 Å². The normalized spacial score (nSPS) is 11.9. The summed E-state index contributed by atoms with van der Waals surface area (Å²) in [4.78, 5) is 14.2. The van der Waals surface area contributed by atoms with Crippen molar-refractivity contribution < 1.29 is 4.79 Å². The second-order valence-corrected chi connectivity index (χ2v) is 5.78. The van der Waals surface area contributed by atoms with Gasteiger partial charge >= 0.3 is 0 Å². The third kappa shape index (κ3) is 7.83. The molecule has 0 N–H and O–H groups in total. The van der Waals surface area contributed by atoms with E-state index in [-0.39, 0.29) is 5.91 Å². The van der Waals surface area contributed by atoms with Crippen LogP contribution < -0.4 is 0 Å². The standard InChI is InChI=1S/C21H31NO/c1-4-7-8-10-15-20(18-21(23)22(5-2)6-3)17-16-19-13-11-9-12-14-19/h9,11-14,16-18H,4-8,10,15H2,1-3H3. The largest absolute Gasteiger partial charge is 0.340 e. The number of hydrogen-bond acceptors (Lipinski definition) is 1. The van der Waals surface area contributed by atoms with Crippen LogP contribution in [0.1, 0.15) is 58.4 Å². The van der Waals surface area contributed by atoms with Crippen LogP contribution in [0.4, 0.5) is 0 Å². The minimum Gasteiger partial charge on any atom is -0.340 e. The Labute approximate surface area is 141 Å².